The minimum absolute atomic E-state index is 0.134. The molecule has 0 bridgehead atoms. The van der Waals surface area contributed by atoms with Gasteiger partial charge in [-0.3, -0.25) is 4.55 Å². The van der Waals surface area contributed by atoms with E-state index >= 15 is 0 Å². The molecule has 1 aliphatic rings. The summed E-state index contributed by atoms with van der Waals surface area (Å²) >= 11 is 0. The number of hydrogen-bond donors (Lipinski definition) is 1. The van der Waals surface area contributed by atoms with Gasteiger partial charge in [0, 0.05) is 16.5 Å². The van der Waals surface area contributed by atoms with Gasteiger partial charge in [-0.25, -0.2) is 9.97 Å². The van der Waals surface area contributed by atoms with Crippen molar-refractivity contribution < 1.29 is 13.0 Å². The quantitative estimate of drug-likeness (QED) is 0.473. The van der Waals surface area contributed by atoms with Gasteiger partial charge in [-0.2, -0.15) is 8.42 Å². The molecule has 0 amide bonds. The highest BCUT2D eigenvalue weighted by Crippen LogP contribution is 2.46. The molecule has 0 atom stereocenters. The molecule has 6 heteroatoms. The van der Waals surface area contributed by atoms with Crippen LogP contribution in [0, 0.1) is 0 Å². The Morgan fingerprint density at radius 3 is 2.12 bits per heavy atom. The molecule has 1 N–H and O–H groups in total. The van der Waals surface area contributed by atoms with Crippen LogP contribution in [-0.4, -0.2) is 22.9 Å². The Kier molecular flexibility index (Phi) is 2.48. The van der Waals surface area contributed by atoms with Crippen molar-refractivity contribution in [3.05, 3.63) is 54.6 Å². The summed E-state index contributed by atoms with van der Waals surface area (Å²) in [5.41, 5.74) is 4.53. The van der Waals surface area contributed by atoms with Crippen LogP contribution in [0.15, 0.2) is 59.5 Å². The standard InChI is InChI=1S/C18H10N2O3S/c21-24(22,23)11-8-10-4-3-5-12-16(10)13(9-11)18-17(12)19-14-6-1-2-7-15(14)20-18/h1-9H,(H,21,22,23). The smallest absolute Gasteiger partial charge is 0.282 e. The van der Waals surface area contributed by atoms with Crippen molar-refractivity contribution in [3.8, 4) is 22.5 Å². The molecule has 0 saturated heterocycles. The van der Waals surface area contributed by atoms with Crippen LogP contribution in [0.3, 0.4) is 0 Å². The molecule has 1 aliphatic carbocycles. The molecule has 0 saturated carbocycles. The van der Waals surface area contributed by atoms with Gasteiger partial charge in [-0.1, -0.05) is 30.3 Å². The molecule has 5 nitrogen and oxygen atoms in total. The highest BCUT2D eigenvalue weighted by atomic mass is 32.2. The average Bonchev–Trinajstić information content (AvgIpc) is 2.87. The fourth-order valence-electron chi connectivity index (χ4n) is 3.31. The van der Waals surface area contributed by atoms with Crippen LogP contribution in [0.5, 0.6) is 0 Å². The zero-order valence-corrected chi connectivity index (χ0v) is 13.1. The summed E-state index contributed by atoms with van der Waals surface area (Å²) < 4.78 is 32.7. The lowest BCUT2D eigenvalue weighted by Gasteiger charge is -2.05. The van der Waals surface area contributed by atoms with E-state index in [1.165, 1.54) is 12.1 Å². The van der Waals surface area contributed by atoms with Crippen LogP contribution in [0.2, 0.25) is 0 Å². The van der Waals surface area contributed by atoms with Gasteiger partial charge >= 0.3 is 0 Å². The minimum Gasteiger partial charge on any atom is -0.282 e. The number of benzene rings is 3. The summed E-state index contributed by atoms with van der Waals surface area (Å²) in [6.45, 7) is 0. The second-order valence-electron chi connectivity index (χ2n) is 5.76. The maximum absolute atomic E-state index is 11.6. The molecule has 0 unspecified atom stereocenters. The Bertz CT molecular complexity index is 1280. The maximum Gasteiger partial charge on any atom is 0.294 e. The predicted octanol–water partition coefficient (Wildman–Crippen LogP) is 3.68. The lowest BCUT2D eigenvalue weighted by molar-refractivity contribution is 0.483. The second kappa shape index (κ2) is 4.37. The Labute approximate surface area is 137 Å². The SMILES string of the molecule is O=S(=O)(O)c1cc2c3c(cccc3c1)-c1nc3ccccc3nc1-2. The largest absolute Gasteiger partial charge is 0.294 e. The minimum atomic E-state index is -4.30. The third kappa shape index (κ3) is 1.75. The molecule has 1 heterocycles. The van der Waals surface area contributed by atoms with Crippen molar-refractivity contribution >= 4 is 31.9 Å². The highest BCUT2D eigenvalue weighted by Gasteiger charge is 2.26. The highest BCUT2D eigenvalue weighted by molar-refractivity contribution is 7.85. The number of nitrogens with zero attached hydrogens (tertiary/aromatic N) is 2. The monoisotopic (exact) mass is 334 g/mol. The van der Waals surface area contributed by atoms with E-state index in [1.54, 1.807) is 0 Å². The summed E-state index contributed by atoms with van der Waals surface area (Å²) in [5.74, 6) is 0. The van der Waals surface area contributed by atoms with E-state index in [0.29, 0.717) is 11.3 Å². The zero-order chi connectivity index (χ0) is 16.5. The molecule has 0 fully saturated rings. The fraction of sp³-hybridized carbons (Fsp3) is 0. The second-order valence-corrected chi connectivity index (χ2v) is 7.18. The van der Waals surface area contributed by atoms with E-state index in [2.05, 4.69) is 4.98 Å². The van der Waals surface area contributed by atoms with E-state index in [-0.39, 0.29) is 4.90 Å². The van der Waals surface area contributed by atoms with Crippen molar-refractivity contribution in [2.75, 3.05) is 0 Å². The van der Waals surface area contributed by atoms with Gasteiger partial charge in [0.05, 0.1) is 27.3 Å². The van der Waals surface area contributed by atoms with Crippen molar-refractivity contribution in [1.29, 1.82) is 0 Å². The third-order valence-corrected chi connectivity index (χ3v) is 5.16. The number of rotatable bonds is 1. The Morgan fingerprint density at radius 2 is 1.46 bits per heavy atom. The van der Waals surface area contributed by atoms with Crippen LogP contribution in [0.4, 0.5) is 0 Å². The van der Waals surface area contributed by atoms with Gasteiger partial charge in [-0.05, 0) is 29.7 Å². The first-order chi connectivity index (χ1) is 11.5. The van der Waals surface area contributed by atoms with Crippen LogP contribution in [0.1, 0.15) is 0 Å². The molecule has 4 aromatic rings. The molecule has 0 radical (unpaired) electrons. The van der Waals surface area contributed by atoms with E-state index in [0.717, 1.165) is 33.1 Å². The summed E-state index contributed by atoms with van der Waals surface area (Å²) in [5, 5.41) is 1.65. The summed E-state index contributed by atoms with van der Waals surface area (Å²) in [6, 6.07) is 16.1. The van der Waals surface area contributed by atoms with Gasteiger partial charge in [0.1, 0.15) is 0 Å². The topological polar surface area (TPSA) is 80.2 Å². The van der Waals surface area contributed by atoms with E-state index in [4.69, 9.17) is 4.98 Å². The lowest BCUT2D eigenvalue weighted by Crippen LogP contribution is -1.98. The van der Waals surface area contributed by atoms with Crippen molar-refractivity contribution in [3.63, 3.8) is 0 Å². The molecule has 5 rings (SSSR count). The molecular weight excluding hydrogens is 324 g/mol. The first kappa shape index (κ1) is 13.6. The first-order valence-electron chi connectivity index (χ1n) is 7.34. The summed E-state index contributed by atoms with van der Waals surface area (Å²) in [4.78, 5) is 9.26. The van der Waals surface area contributed by atoms with Crippen LogP contribution < -0.4 is 0 Å². The van der Waals surface area contributed by atoms with E-state index in [1.807, 2.05) is 42.5 Å². The normalized spacial score (nSPS) is 12.7. The van der Waals surface area contributed by atoms with E-state index in [9.17, 15) is 13.0 Å². The summed E-state index contributed by atoms with van der Waals surface area (Å²) in [6.07, 6.45) is 0. The van der Waals surface area contributed by atoms with Gasteiger partial charge < -0.3 is 0 Å². The Balaban J connectivity index is 1.97. The van der Waals surface area contributed by atoms with Gasteiger partial charge in [0.2, 0.25) is 0 Å². The number of fused-ring (bicyclic) bond motifs is 4. The van der Waals surface area contributed by atoms with Crippen molar-refractivity contribution in [2.45, 2.75) is 4.90 Å². The van der Waals surface area contributed by atoms with Crippen LogP contribution in [-0.2, 0) is 10.1 Å². The van der Waals surface area contributed by atoms with Crippen LogP contribution in [0.25, 0.3) is 44.3 Å². The Morgan fingerprint density at radius 1 is 0.792 bits per heavy atom. The third-order valence-electron chi connectivity index (χ3n) is 4.33. The molecule has 0 spiro atoms. The first-order valence-corrected chi connectivity index (χ1v) is 8.78. The molecule has 3 aromatic carbocycles. The average molecular weight is 334 g/mol. The fourth-order valence-corrected chi connectivity index (χ4v) is 3.85. The lowest BCUT2D eigenvalue weighted by atomic mass is 10.0. The predicted molar refractivity (Wildman–Crippen MR) is 91.3 cm³/mol. The van der Waals surface area contributed by atoms with Crippen LogP contribution >= 0.6 is 0 Å². The van der Waals surface area contributed by atoms with Crippen molar-refractivity contribution in [1.82, 2.24) is 9.97 Å². The Hall–Kier alpha value is -2.83. The number of aromatic nitrogens is 2. The number of para-hydroxylation sites is 2. The molecule has 116 valence electrons. The molecule has 24 heavy (non-hydrogen) atoms. The summed E-state index contributed by atoms with van der Waals surface area (Å²) in [7, 11) is -4.30. The number of hydrogen-bond acceptors (Lipinski definition) is 4. The van der Waals surface area contributed by atoms with Crippen molar-refractivity contribution in [2.24, 2.45) is 0 Å². The van der Waals surface area contributed by atoms with E-state index < -0.39 is 10.1 Å². The molecule has 0 aliphatic heterocycles. The maximum atomic E-state index is 11.6. The van der Waals surface area contributed by atoms with Gasteiger partial charge in [0.25, 0.3) is 10.1 Å². The zero-order valence-electron chi connectivity index (χ0n) is 12.3. The molecular formula is C18H10N2O3S. The van der Waals surface area contributed by atoms with Gasteiger partial charge in [-0.15, -0.1) is 0 Å². The molecule has 1 aromatic heterocycles. The van der Waals surface area contributed by atoms with Gasteiger partial charge in [0.15, 0.2) is 0 Å².